The maximum Gasteiger partial charge on any atom is 0.433 e. The molecule has 1 fully saturated rings. The molecule has 38 heavy (non-hydrogen) atoms. The Morgan fingerprint density at radius 2 is 1.74 bits per heavy atom. The van der Waals surface area contributed by atoms with Gasteiger partial charge in [-0.1, -0.05) is 12.1 Å². The van der Waals surface area contributed by atoms with Gasteiger partial charge in [-0.15, -0.1) is 0 Å². The van der Waals surface area contributed by atoms with Crippen molar-refractivity contribution in [3.8, 4) is 28.5 Å². The van der Waals surface area contributed by atoms with Crippen molar-refractivity contribution < 1.29 is 32.2 Å². The van der Waals surface area contributed by atoms with Crippen LogP contribution in [-0.2, 0) is 6.18 Å². The second kappa shape index (κ2) is 9.12. The van der Waals surface area contributed by atoms with E-state index < -0.39 is 17.8 Å². The van der Waals surface area contributed by atoms with Gasteiger partial charge in [-0.05, 0) is 36.4 Å². The molecular weight excluding hydrogens is 503 g/mol. The normalized spacial score (nSPS) is 15.3. The summed E-state index contributed by atoms with van der Waals surface area (Å²) in [5.41, 5.74) is 0.205. The molecule has 4 heterocycles. The molecule has 4 aromatic rings. The quantitative estimate of drug-likeness (QED) is 0.397. The number of anilines is 1. The van der Waals surface area contributed by atoms with Crippen molar-refractivity contribution in [1.29, 1.82) is 0 Å². The van der Waals surface area contributed by atoms with Crippen LogP contribution in [0.4, 0.5) is 18.9 Å². The standard InChI is InChI=1S/C26H22F3N5O4/c1-36-20-5-3-2-4-19(20)32-8-10-33(11-9-32)25(35)18-14-24-30-17(13-23(26(27,28)29)34(24)31-18)16-6-7-21-22(12-16)38-15-37-21/h2-7,12-14H,8-11,15H2,1H3. The molecule has 2 aromatic heterocycles. The van der Waals surface area contributed by atoms with Gasteiger partial charge in [0, 0.05) is 37.8 Å². The summed E-state index contributed by atoms with van der Waals surface area (Å²) in [5, 5.41) is 4.02. The smallest absolute Gasteiger partial charge is 0.433 e. The minimum Gasteiger partial charge on any atom is -0.495 e. The largest absolute Gasteiger partial charge is 0.495 e. The lowest BCUT2D eigenvalue weighted by molar-refractivity contribution is -0.142. The maximum absolute atomic E-state index is 14.0. The summed E-state index contributed by atoms with van der Waals surface area (Å²) in [7, 11) is 1.60. The van der Waals surface area contributed by atoms with E-state index in [1.165, 1.54) is 6.07 Å². The van der Waals surface area contributed by atoms with Gasteiger partial charge in [0.2, 0.25) is 6.79 Å². The minimum atomic E-state index is -4.72. The van der Waals surface area contributed by atoms with Gasteiger partial charge in [-0.25, -0.2) is 9.50 Å². The molecule has 0 radical (unpaired) electrons. The van der Waals surface area contributed by atoms with E-state index in [1.807, 2.05) is 24.3 Å². The summed E-state index contributed by atoms with van der Waals surface area (Å²) in [6.07, 6.45) is -4.72. The summed E-state index contributed by atoms with van der Waals surface area (Å²) in [6.45, 7) is 1.89. The highest BCUT2D eigenvalue weighted by molar-refractivity contribution is 5.93. The van der Waals surface area contributed by atoms with Crippen molar-refractivity contribution in [2.24, 2.45) is 0 Å². The van der Waals surface area contributed by atoms with Gasteiger partial charge in [-0.2, -0.15) is 18.3 Å². The first-order valence-corrected chi connectivity index (χ1v) is 11.9. The third kappa shape index (κ3) is 4.21. The number of para-hydroxylation sites is 2. The van der Waals surface area contributed by atoms with Gasteiger partial charge in [0.25, 0.3) is 5.91 Å². The molecule has 0 aliphatic carbocycles. The molecule has 1 saturated heterocycles. The molecule has 0 spiro atoms. The molecular formula is C26H22F3N5O4. The molecule has 0 bridgehead atoms. The van der Waals surface area contributed by atoms with Crippen LogP contribution in [0.2, 0.25) is 0 Å². The Kier molecular flexibility index (Phi) is 5.73. The number of ether oxygens (including phenoxy) is 3. The number of carbonyl (C=O) groups is 1. The number of benzene rings is 2. The van der Waals surface area contributed by atoms with Gasteiger partial charge in [0.05, 0.1) is 18.5 Å². The van der Waals surface area contributed by atoms with Crippen LogP contribution in [0.1, 0.15) is 16.2 Å². The van der Waals surface area contributed by atoms with Crippen LogP contribution in [0.3, 0.4) is 0 Å². The minimum absolute atomic E-state index is 0.0420. The van der Waals surface area contributed by atoms with Crippen LogP contribution >= 0.6 is 0 Å². The molecule has 0 unspecified atom stereocenters. The first-order chi connectivity index (χ1) is 18.3. The maximum atomic E-state index is 14.0. The fraction of sp³-hybridized carbons (Fsp3) is 0.269. The Hall–Kier alpha value is -4.48. The number of fused-ring (bicyclic) bond motifs is 2. The number of nitrogens with zero attached hydrogens (tertiary/aromatic N) is 5. The number of amides is 1. The number of rotatable bonds is 4. The molecule has 12 heteroatoms. The third-order valence-electron chi connectivity index (χ3n) is 6.60. The van der Waals surface area contributed by atoms with Crippen molar-refractivity contribution in [2.75, 3.05) is 45.0 Å². The zero-order chi connectivity index (χ0) is 26.4. The molecule has 9 nitrogen and oxygen atoms in total. The number of aromatic nitrogens is 3. The molecule has 2 aliphatic heterocycles. The van der Waals surface area contributed by atoms with Crippen LogP contribution in [0.5, 0.6) is 17.2 Å². The highest BCUT2D eigenvalue weighted by atomic mass is 19.4. The molecule has 2 aliphatic rings. The van der Waals surface area contributed by atoms with Gasteiger partial charge in [0.15, 0.2) is 28.5 Å². The topological polar surface area (TPSA) is 81.4 Å². The number of halogens is 3. The molecule has 0 atom stereocenters. The highest BCUT2D eigenvalue weighted by Gasteiger charge is 2.36. The Morgan fingerprint density at radius 1 is 0.974 bits per heavy atom. The molecule has 0 N–H and O–H groups in total. The summed E-state index contributed by atoms with van der Waals surface area (Å²) in [5.74, 6) is 1.22. The van der Waals surface area contributed by atoms with Gasteiger partial charge in [-0.3, -0.25) is 4.79 Å². The van der Waals surface area contributed by atoms with Crippen LogP contribution < -0.4 is 19.1 Å². The molecule has 6 rings (SSSR count). The van der Waals surface area contributed by atoms with Crippen molar-refractivity contribution in [3.05, 3.63) is 66.0 Å². The van der Waals surface area contributed by atoms with Crippen molar-refractivity contribution in [2.45, 2.75) is 6.18 Å². The number of methoxy groups -OCH3 is 1. The van der Waals surface area contributed by atoms with Crippen molar-refractivity contribution >= 4 is 17.2 Å². The first-order valence-electron chi connectivity index (χ1n) is 11.9. The van der Waals surface area contributed by atoms with Crippen molar-refractivity contribution in [3.63, 3.8) is 0 Å². The molecule has 2 aromatic carbocycles. The second-order valence-electron chi connectivity index (χ2n) is 8.84. The monoisotopic (exact) mass is 525 g/mol. The zero-order valence-corrected chi connectivity index (χ0v) is 20.2. The Bertz CT molecular complexity index is 1530. The van der Waals surface area contributed by atoms with E-state index in [2.05, 4.69) is 15.0 Å². The average Bonchev–Trinajstić information content (AvgIpc) is 3.58. The van der Waals surface area contributed by atoms with E-state index in [0.717, 1.165) is 17.5 Å². The second-order valence-corrected chi connectivity index (χ2v) is 8.84. The van der Waals surface area contributed by atoms with E-state index in [1.54, 1.807) is 30.2 Å². The molecule has 196 valence electrons. The van der Waals surface area contributed by atoms with E-state index in [-0.39, 0.29) is 23.8 Å². The summed E-state index contributed by atoms with van der Waals surface area (Å²) in [6, 6.07) is 14.6. The number of carbonyl (C=O) groups excluding carboxylic acids is 1. The van der Waals surface area contributed by atoms with E-state index in [9.17, 15) is 18.0 Å². The summed E-state index contributed by atoms with van der Waals surface area (Å²) >= 11 is 0. The van der Waals surface area contributed by atoms with E-state index in [4.69, 9.17) is 14.2 Å². The number of hydrogen-bond donors (Lipinski definition) is 0. The predicted octanol–water partition coefficient (Wildman–Crippen LogP) is 4.11. The fourth-order valence-corrected chi connectivity index (χ4v) is 4.69. The van der Waals surface area contributed by atoms with Gasteiger partial charge >= 0.3 is 6.18 Å². The molecule has 1 amide bonds. The fourth-order valence-electron chi connectivity index (χ4n) is 4.69. The van der Waals surface area contributed by atoms with E-state index >= 15 is 0 Å². The lowest BCUT2D eigenvalue weighted by Crippen LogP contribution is -2.49. The lowest BCUT2D eigenvalue weighted by atomic mass is 10.1. The Morgan fingerprint density at radius 3 is 2.50 bits per heavy atom. The number of alkyl halides is 3. The zero-order valence-electron chi connectivity index (χ0n) is 20.2. The van der Waals surface area contributed by atoms with Crippen LogP contribution in [-0.4, -0.2) is 65.5 Å². The Labute approximate surface area is 214 Å². The Balaban J connectivity index is 1.28. The van der Waals surface area contributed by atoms with Crippen LogP contribution in [0.15, 0.2) is 54.6 Å². The number of hydrogen-bond acceptors (Lipinski definition) is 7. The first kappa shape index (κ1) is 23.9. The van der Waals surface area contributed by atoms with Gasteiger partial charge < -0.3 is 24.0 Å². The SMILES string of the molecule is COc1ccccc1N1CCN(C(=O)c2cc3nc(-c4ccc5c(c4)OCO5)cc(C(F)(F)F)n3n2)CC1. The van der Waals surface area contributed by atoms with E-state index in [0.29, 0.717) is 47.8 Å². The summed E-state index contributed by atoms with van der Waals surface area (Å²) < 4.78 is 58.8. The highest BCUT2D eigenvalue weighted by Crippen LogP contribution is 2.37. The third-order valence-corrected chi connectivity index (χ3v) is 6.60. The molecule has 0 saturated carbocycles. The van der Waals surface area contributed by atoms with Crippen LogP contribution in [0.25, 0.3) is 16.9 Å². The average molecular weight is 525 g/mol. The summed E-state index contributed by atoms with van der Waals surface area (Å²) in [4.78, 5) is 21.3. The predicted molar refractivity (Wildman–Crippen MR) is 131 cm³/mol. The van der Waals surface area contributed by atoms with Gasteiger partial charge in [0.1, 0.15) is 5.75 Å². The van der Waals surface area contributed by atoms with Crippen molar-refractivity contribution in [1.82, 2.24) is 19.5 Å². The lowest BCUT2D eigenvalue weighted by Gasteiger charge is -2.36. The number of piperazine rings is 1. The van der Waals surface area contributed by atoms with Crippen LogP contribution in [0, 0.1) is 0 Å².